The largest absolute Gasteiger partial charge is 0.496 e. The summed E-state index contributed by atoms with van der Waals surface area (Å²) in [6, 6.07) is 5.04. The summed E-state index contributed by atoms with van der Waals surface area (Å²) in [6.07, 6.45) is 0.589. The van der Waals surface area contributed by atoms with Crippen molar-refractivity contribution in [1.82, 2.24) is 0 Å². The van der Waals surface area contributed by atoms with Crippen molar-refractivity contribution in [2.45, 2.75) is 26.4 Å². The SMILES string of the molecule is CCC(C)OOC(=O)c1c(OC)cccc1OC. The third-order valence-electron chi connectivity index (χ3n) is 2.49. The third-order valence-corrected chi connectivity index (χ3v) is 2.49. The zero-order chi connectivity index (χ0) is 13.5. The van der Waals surface area contributed by atoms with E-state index in [2.05, 4.69) is 0 Å². The molecule has 0 saturated heterocycles. The van der Waals surface area contributed by atoms with E-state index in [9.17, 15) is 4.79 Å². The van der Waals surface area contributed by atoms with E-state index < -0.39 is 5.97 Å². The number of carbonyl (C=O) groups excluding carboxylic acids is 1. The Morgan fingerprint density at radius 1 is 1.22 bits per heavy atom. The summed E-state index contributed by atoms with van der Waals surface area (Å²) in [5, 5.41) is 0. The summed E-state index contributed by atoms with van der Waals surface area (Å²) in [7, 11) is 2.95. The molecule has 0 saturated carbocycles. The molecule has 18 heavy (non-hydrogen) atoms. The van der Waals surface area contributed by atoms with Crippen LogP contribution in [0.15, 0.2) is 18.2 Å². The van der Waals surface area contributed by atoms with Gasteiger partial charge < -0.3 is 9.47 Å². The molecular formula is C13H18O5. The number of methoxy groups -OCH3 is 2. The van der Waals surface area contributed by atoms with Crippen molar-refractivity contribution in [3.05, 3.63) is 23.8 Å². The summed E-state index contributed by atoms with van der Waals surface area (Å²) in [5.74, 6) is 0.129. The molecule has 0 aliphatic carbocycles. The van der Waals surface area contributed by atoms with Gasteiger partial charge in [0.25, 0.3) is 0 Å². The molecule has 100 valence electrons. The first-order valence-corrected chi connectivity index (χ1v) is 5.72. The molecule has 1 unspecified atom stereocenters. The van der Waals surface area contributed by atoms with Gasteiger partial charge in [-0.15, -0.1) is 0 Å². The number of ether oxygens (including phenoxy) is 2. The minimum Gasteiger partial charge on any atom is -0.496 e. The Bertz CT molecular complexity index is 380. The topological polar surface area (TPSA) is 54.0 Å². The van der Waals surface area contributed by atoms with Crippen LogP contribution in [-0.4, -0.2) is 26.3 Å². The first-order chi connectivity index (χ1) is 8.63. The second kappa shape index (κ2) is 6.86. The van der Waals surface area contributed by atoms with E-state index in [4.69, 9.17) is 19.2 Å². The molecule has 0 bridgehead atoms. The Balaban J connectivity index is 2.89. The molecule has 0 amide bonds. The van der Waals surface area contributed by atoms with E-state index in [1.165, 1.54) is 14.2 Å². The predicted octanol–water partition coefficient (Wildman–Crippen LogP) is 2.59. The fraction of sp³-hybridized carbons (Fsp3) is 0.462. The molecule has 1 atom stereocenters. The molecule has 0 aliphatic rings. The molecule has 1 rings (SSSR count). The van der Waals surface area contributed by atoms with Crippen molar-refractivity contribution in [3.63, 3.8) is 0 Å². The number of rotatable bonds is 6. The molecule has 1 aromatic rings. The molecule has 0 fully saturated rings. The Morgan fingerprint density at radius 3 is 2.22 bits per heavy atom. The van der Waals surface area contributed by atoms with E-state index in [0.717, 1.165) is 6.42 Å². The van der Waals surface area contributed by atoms with Gasteiger partial charge in [0, 0.05) is 0 Å². The lowest BCUT2D eigenvalue weighted by atomic mass is 10.2. The maximum Gasteiger partial charge on any atom is 0.380 e. The first kappa shape index (κ1) is 14.3. The fourth-order valence-electron chi connectivity index (χ4n) is 1.29. The molecule has 0 radical (unpaired) electrons. The maximum absolute atomic E-state index is 11.9. The van der Waals surface area contributed by atoms with Gasteiger partial charge >= 0.3 is 5.97 Å². The van der Waals surface area contributed by atoms with Crippen molar-refractivity contribution in [2.24, 2.45) is 0 Å². The van der Waals surface area contributed by atoms with Crippen LogP contribution in [-0.2, 0) is 9.78 Å². The minimum absolute atomic E-state index is 0.158. The lowest BCUT2D eigenvalue weighted by Crippen LogP contribution is -2.14. The molecule has 5 nitrogen and oxygen atoms in total. The first-order valence-electron chi connectivity index (χ1n) is 5.72. The van der Waals surface area contributed by atoms with Gasteiger partial charge in [-0.1, -0.05) is 13.0 Å². The highest BCUT2D eigenvalue weighted by Gasteiger charge is 2.21. The zero-order valence-electron chi connectivity index (χ0n) is 11.1. The van der Waals surface area contributed by atoms with Gasteiger partial charge in [-0.25, -0.2) is 4.79 Å². The van der Waals surface area contributed by atoms with Gasteiger partial charge in [0.2, 0.25) is 0 Å². The Kier molecular flexibility index (Phi) is 5.45. The van der Waals surface area contributed by atoms with E-state index >= 15 is 0 Å². The van der Waals surface area contributed by atoms with Crippen LogP contribution in [0.25, 0.3) is 0 Å². The van der Waals surface area contributed by atoms with Crippen LogP contribution < -0.4 is 9.47 Å². The second-order valence-corrected chi connectivity index (χ2v) is 3.72. The highest BCUT2D eigenvalue weighted by atomic mass is 17.2. The van der Waals surface area contributed by atoms with Crippen molar-refractivity contribution in [1.29, 1.82) is 0 Å². The average molecular weight is 254 g/mol. The molecule has 1 aromatic carbocycles. The molecule has 5 heteroatoms. The molecule has 0 spiro atoms. The summed E-state index contributed by atoms with van der Waals surface area (Å²) in [5.41, 5.74) is 0.214. The van der Waals surface area contributed by atoms with E-state index in [1.54, 1.807) is 18.2 Å². The molecule has 0 N–H and O–H groups in total. The Labute approximate surface area is 107 Å². The van der Waals surface area contributed by atoms with Crippen molar-refractivity contribution in [2.75, 3.05) is 14.2 Å². The van der Waals surface area contributed by atoms with Crippen LogP contribution in [0.1, 0.15) is 30.6 Å². The van der Waals surface area contributed by atoms with Crippen molar-refractivity contribution in [3.8, 4) is 11.5 Å². The zero-order valence-corrected chi connectivity index (χ0v) is 11.1. The maximum atomic E-state index is 11.9. The van der Waals surface area contributed by atoms with Crippen LogP contribution in [0.5, 0.6) is 11.5 Å². The summed E-state index contributed by atoms with van der Waals surface area (Å²) in [6.45, 7) is 3.74. The van der Waals surface area contributed by atoms with Crippen molar-refractivity contribution < 1.29 is 24.0 Å². The van der Waals surface area contributed by atoms with Crippen LogP contribution in [0.4, 0.5) is 0 Å². The van der Waals surface area contributed by atoms with Crippen LogP contribution in [0.2, 0.25) is 0 Å². The van der Waals surface area contributed by atoms with Crippen LogP contribution in [0.3, 0.4) is 0 Å². The Hall–Kier alpha value is -1.75. The molecule has 0 heterocycles. The fourth-order valence-corrected chi connectivity index (χ4v) is 1.29. The van der Waals surface area contributed by atoms with Gasteiger partial charge in [0.15, 0.2) is 0 Å². The van der Waals surface area contributed by atoms with E-state index in [0.29, 0.717) is 11.5 Å². The Morgan fingerprint density at radius 2 is 1.78 bits per heavy atom. The molecular weight excluding hydrogens is 236 g/mol. The standard InChI is InChI=1S/C13H18O5/c1-5-9(2)17-18-13(14)12-10(15-3)7-6-8-11(12)16-4/h6-9H,5H2,1-4H3. The van der Waals surface area contributed by atoms with Gasteiger partial charge in [-0.2, -0.15) is 4.89 Å². The highest BCUT2D eigenvalue weighted by Crippen LogP contribution is 2.29. The number of hydrogen-bond acceptors (Lipinski definition) is 5. The van der Waals surface area contributed by atoms with Gasteiger partial charge in [-0.3, -0.25) is 4.89 Å². The lowest BCUT2D eigenvalue weighted by Gasteiger charge is -2.13. The molecule has 0 aliphatic heterocycles. The van der Waals surface area contributed by atoms with E-state index in [-0.39, 0.29) is 11.7 Å². The van der Waals surface area contributed by atoms with Gasteiger partial charge in [0.1, 0.15) is 23.2 Å². The predicted molar refractivity (Wildman–Crippen MR) is 65.8 cm³/mol. The monoisotopic (exact) mass is 254 g/mol. The van der Waals surface area contributed by atoms with Crippen LogP contribution >= 0.6 is 0 Å². The normalized spacial score (nSPS) is 11.8. The third kappa shape index (κ3) is 3.37. The number of carbonyl (C=O) groups is 1. The minimum atomic E-state index is -0.635. The average Bonchev–Trinajstić information content (AvgIpc) is 2.43. The number of benzene rings is 1. The second-order valence-electron chi connectivity index (χ2n) is 3.72. The molecule has 0 aromatic heterocycles. The smallest absolute Gasteiger partial charge is 0.380 e. The van der Waals surface area contributed by atoms with E-state index in [1.807, 2.05) is 13.8 Å². The van der Waals surface area contributed by atoms with Crippen LogP contribution in [0, 0.1) is 0 Å². The highest BCUT2D eigenvalue weighted by molar-refractivity contribution is 5.95. The quantitative estimate of drug-likeness (QED) is 0.577. The summed E-state index contributed by atoms with van der Waals surface area (Å²) < 4.78 is 10.2. The van der Waals surface area contributed by atoms with Gasteiger partial charge in [0.05, 0.1) is 14.2 Å². The summed E-state index contributed by atoms with van der Waals surface area (Å²) >= 11 is 0. The van der Waals surface area contributed by atoms with Gasteiger partial charge in [-0.05, 0) is 25.5 Å². The summed E-state index contributed by atoms with van der Waals surface area (Å²) in [4.78, 5) is 21.6. The van der Waals surface area contributed by atoms with Crippen molar-refractivity contribution >= 4 is 5.97 Å². The number of hydrogen-bond donors (Lipinski definition) is 0. The lowest BCUT2D eigenvalue weighted by molar-refractivity contribution is -0.270.